The first kappa shape index (κ1) is 23.7. The fraction of sp³-hybridized carbons (Fsp3) is 0.208. The minimum atomic E-state index is -0.254. The number of rotatable bonds is 9. The number of carbonyl (C=O) groups excluding carboxylic acids is 1. The molecule has 0 saturated heterocycles. The van der Waals surface area contributed by atoms with E-state index in [2.05, 4.69) is 16.5 Å². The van der Waals surface area contributed by atoms with Crippen LogP contribution in [0.4, 0.5) is 5.82 Å². The van der Waals surface area contributed by atoms with E-state index in [-0.39, 0.29) is 5.91 Å². The maximum Gasteiger partial charge on any atom is 0.243 e. The molecule has 1 aromatic heterocycles. The first-order valence-corrected chi connectivity index (χ1v) is 10.6. The number of para-hydroxylation sites is 1. The van der Waals surface area contributed by atoms with Crippen molar-refractivity contribution in [3.63, 3.8) is 0 Å². The normalized spacial score (nSPS) is 10.7. The second-order valence-electron chi connectivity index (χ2n) is 7.03. The molecule has 9 heteroatoms. The smallest absolute Gasteiger partial charge is 0.243 e. The summed E-state index contributed by atoms with van der Waals surface area (Å²) in [6.45, 7) is 0.416. The highest BCUT2D eigenvalue weighted by Gasteiger charge is 2.16. The number of methoxy groups -OCH3 is 2. The topological polar surface area (TPSA) is 115 Å². The van der Waals surface area contributed by atoms with Crippen LogP contribution in [0.15, 0.2) is 48.5 Å². The van der Waals surface area contributed by atoms with Gasteiger partial charge in [0.2, 0.25) is 5.91 Å². The Morgan fingerprint density at radius 2 is 2.03 bits per heavy atom. The predicted molar refractivity (Wildman–Crippen MR) is 128 cm³/mol. The second-order valence-corrected chi connectivity index (χ2v) is 7.44. The molecule has 33 heavy (non-hydrogen) atoms. The van der Waals surface area contributed by atoms with Crippen LogP contribution in [0, 0.1) is 11.3 Å². The summed E-state index contributed by atoms with van der Waals surface area (Å²) in [7, 11) is 3.02. The van der Waals surface area contributed by atoms with Crippen LogP contribution in [-0.4, -0.2) is 36.5 Å². The highest BCUT2D eigenvalue weighted by atomic mass is 35.5. The van der Waals surface area contributed by atoms with Crippen LogP contribution in [0.25, 0.3) is 11.8 Å². The maximum atomic E-state index is 12.2. The Morgan fingerprint density at radius 3 is 2.70 bits per heavy atom. The summed E-state index contributed by atoms with van der Waals surface area (Å²) < 4.78 is 12.0. The third-order valence-electron chi connectivity index (χ3n) is 4.88. The van der Waals surface area contributed by atoms with Crippen molar-refractivity contribution in [3.05, 3.63) is 70.4 Å². The standard InChI is InChI=1S/C24H24ClN5O3/c1-32-21-14-16(13-19(25)23(21)33-2)10-11-22(31)28-12-6-9-20-18(15-26)24(27)30(29-20)17-7-4-3-5-8-17/h3-5,7-8,10-11,13-14H,6,9,12,27H2,1-2H3,(H,28,31)/b11-10+. The Balaban J connectivity index is 1.57. The SMILES string of the molecule is COc1cc(/C=C/C(=O)NCCCc2nn(-c3ccccc3)c(N)c2C#N)cc(Cl)c1OC. The second kappa shape index (κ2) is 11.1. The van der Waals surface area contributed by atoms with Crippen molar-refractivity contribution in [2.75, 3.05) is 26.5 Å². The summed E-state index contributed by atoms with van der Waals surface area (Å²) >= 11 is 6.19. The average molecular weight is 466 g/mol. The average Bonchev–Trinajstić information content (AvgIpc) is 3.15. The molecule has 0 spiro atoms. The number of ether oxygens (including phenoxy) is 2. The van der Waals surface area contributed by atoms with E-state index in [0.29, 0.717) is 58.5 Å². The molecule has 3 aromatic rings. The Bertz CT molecular complexity index is 1200. The van der Waals surface area contributed by atoms with Crippen LogP contribution < -0.4 is 20.5 Å². The van der Waals surface area contributed by atoms with Gasteiger partial charge in [-0.2, -0.15) is 10.4 Å². The summed E-state index contributed by atoms with van der Waals surface area (Å²) in [5.74, 6) is 0.968. The molecule has 0 aliphatic heterocycles. The van der Waals surface area contributed by atoms with Crippen molar-refractivity contribution >= 4 is 29.4 Å². The monoisotopic (exact) mass is 465 g/mol. The van der Waals surface area contributed by atoms with Gasteiger partial charge in [0.05, 0.1) is 30.6 Å². The van der Waals surface area contributed by atoms with Crippen LogP contribution >= 0.6 is 11.6 Å². The first-order valence-electron chi connectivity index (χ1n) is 10.2. The maximum absolute atomic E-state index is 12.2. The van der Waals surface area contributed by atoms with Gasteiger partial charge in [0, 0.05) is 12.6 Å². The number of hydrogen-bond acceptors (Lipinski definition) is 6. The quantitative estimate of drug-likeness (QED) is 0.367. The van der Waals surface area contributed by atoms with E-state index in [4.69, 9.17) is 26.8 Å². The van der Waals surface area contributed by atoms with E-state index in [1.807, 2.05) is 30.3 Å². The van der Waals surface area contributed by atoms with E-state index in [1.54, 1.807) is 22.9 Å². The van der Waals surface area contributed by atoms with Gasteiger partial charge in [-0.15, -0.1) is 0 Å². The van der Waals surface area contributed by atoms with Gasteiger partial charge in [0.1, 0.15) is 17.5 Å². The zero-order chi connectivity index (χ0) is 23.8. The number of benzene rings is 2. The molecule has 0 unspecified atom stereocenters. The summed E-state index contributed by atoms with van der Waals surface area (Å²) in [5, 5.41) is 17.2. The molecule has 1 heterocycles. The van der Waals surface area contributed by atoms with Gasteiger partial charge in [-0.25, -0.2) is 4.68 Å². The number of anilines is 1. The molecule has 0 fully saturated rings. The number of nitriles is 1. The largest absolute Gasteiger partial charge is 0.493 e. The van der Waals surface area contributed by atoms with Crippen LogP contribution in [0.1, 0.15) is 23.2 Å². The number of hydrogen-bond donors (Lipinski definition) is 2. The molecular weight excluding hydrogens is 442 g/mol. The molecule has 8 nitrogen and oxygen atoms in total. The lowest BCUT2D eigenvalue weighted by atomic mass is 10.1. The van der Waals surface area contributed by atoms with Crippen molar-refractivity contribution in [2.45, 2.75) is 12.8 Å². The molecule has 0 atom stereocenters. The van der Waals surface area contributed by atoms with Crippen LogP contribution in [-0.2, 0) is 11.2 Å². The molecule has 3 rings (SSSR count). The predicted octanol–water partition coefficient (Wildman–Crippen LogP) is 3.76. The zero-order valence-corrected chi connectivity index (χ0v) is 19.1. The Labute approximate surface area is 197 Å². The summed E-state index contributed by atoms with van der Waals surface area (Å²) in [4.78, 5) is 12.2. The van der Waals surface area contributed by atoms with Gasteiger partial charge in [-0.05, 0) is 48.7 Å². The molecule has 2 aromatic carbocycles. The summed E-state index contributed by atoms with van der Waals surface area (Å²) in [6.07, 6.45) is 4.16. The van der Waals surface area contributed by atoms with Gasteiger partial charge in [0.15, 0.2) is 11.5 Å². The van der Waals surface area contributed by atoms with Gasteiger partial charge < -0.3 is 20.5 Å². The van der Waals surface area contributed by atoms with E-state index in [9.17, 15) is 10.1 Å². The molecule has 0 radical (unpaired) electrons. The zero-order valence-electron chi connectivity index (χ0n) is 18.3. The fourth-order valence-electron chi connectivity index (χ4n) is 3.27. The minimum absolute atomic E-state index is 0.254. The van der Waals surface area contributed by atoms with Crippen molar-refractivity contribution in [3.8, 4) is 23.3 Å². The first-order chi connectivity index (χ1) is 16.0. The molecule has 0 aliphatic carbocycles. The number of aromatic nitrogens is 2. The van der Waals surface area contributed by atoms with Crippen molar-refractivity contribution < 1.29 is 14.3 Å². The van der Waals surface area contributed by atoms with E-state index in [0.717, 1.165) is 5.69 Å². The molecule has 0 bridgehead atoms. The number of aryl methyl sites for hydroxylation is 1. The van der Waals surface area contributed by atoms with E-state index < -0.39 is 0 Å². The van der Waals surface area contributed by atoms with Crippen molar-refractivity contribution in [2.24, 2.45) is 0 Å². The Kier molecular flexibility index (Phi) is 7.95. The lowest BCUT2D eigenvalue weighted by Crippen LogP contribution is -2.22. The van der Waals surface area contributed by atoms with E-state index in [1.165, 1.54) is 20.3 Å². The number of carbonyl (C=O) groups is 1. The number of nitrogens with zero attached hydrogens (tertiary/aromatic N) is 3. The molecule has 170 valence electrons. The lowest BCUT2D eigenvalue weighted by molar-refractivity contribution is -0.116. The lowest BCUT2D eigenvalue weighted by Gasteiger charge is -2.10. The third-order valence-corrected chi connectivity index (χ3v) is 5.16. The molecule has 1 amide bonds. The third kappa shape index (κ3) is 5.64. The van der Waals surface area contributed by atoms with Gasteiger partial charge >= 0.3 is 0 Å². The molecule has 0 saturated carbocycles. The number of amides is 1. The number of nitrogens with two attached hydrogens (primary N) is 1. The van der Waals surface area contributed by atoms with Gasteiger partial charge in [0.25, 0.3) is 0 Å². The Hall–Kier alpha value is -3.96. The van der Waals surface area contributed by atoms with Crippen LogP contribution in [0.2, 0.25) is 5.02 Å². The molecular formula is C24H24ClN5O3. The van der Waals surface area contributed by atoms with E-state index >= 15 is 0 Å². The summed E-state index contributed by atoms with van der Waals surface area (Å²) in [6, 6.07) is 14.9. The number of halogens is 1. The molecule has 3 N–H and O–H groups in total. The highest BCUT2D eigenvalue weighted by Crippen LogP contribution is 2.36. The highest BCUT2D eigenvalue weighted by molar-refractivity contribution is 6.32. The van der Waals surface area contributed by atoms with Crippen LogP contribution in [0.3, 0.4) is 0 Å². The van der Waals surface area contributed by atoms with Crippen molar-refractivity contribution in [1.82, 2.24) is 15.1 Å². The van der Waals surface area contributed by atoms with Crippen LogP contribution in [0.5, 0.6) is 11.5 Å². The summed E-state index contributed by atoms with van der Waals surface area (Å²) in [5.41, 5.74) is 8.56. The Morgan fingerprint density at radius 1 is 1.27 bits per heavy atom. The number of nitrogen functional groups attached to an aromatic ring is 1. The van der Waals surface area contributed by atoms with Crippen molar-refractivity contribution in [1.29, 1.82) is 5.26 Å². The fourth-order valence-corrected chi connectivity index (χ4v) is 3.57. The molecule has 0 aliphatic rings. The van der Waals surface area contributed by atoms with Gasteiger partial charge in [-0.1, -0.05) is 29.8 Å². The van der Waals surface area contributed by atoms with Gasteiger partial charge in [-0.3, -0.25) is 4.79 Å². The minimum Gasteiger partial charge on any atom is -0.493 e. The number of nitrogens with one attached hydrogen (secondary N) is 1.